The number of hydrazone groups is 1. The van der Waals surface area contributed by atoms with E-state index < -0.39 is 24.5 Å². The van der Waals surface area contributed by atoms with Crippen LogP contribution in [0.5, 0.6) is 0 Å². The smallest absolute Gasteiger partial charge is 0.338 e. The van der Waals surface area contributed by atoms with Gasteiger partial charge in [-0.1, -0.05) is 12.1 Å². The molecule has 0 radical (unpaired) electrons. The summed E-state index contributed by atoms with van der Waals surface area (Å²) in [6.45, 7) is -0.525. The predicted molar refractivity (Wildman–Crippen MR) is 122 cm³/mol. The van der Waals surface area contributed by atoms with E-state index in [1.54, 1.807) is 24.3 Å². The standard InChI is InChI=1S/C24H19N3O6S/c28-21-8-9-22(29)26(21)16-5-1-4-15(12-16)24(31)33-14-23(30)27-18(19-6-2-10-32-19)13-17(25-27)20-7-3-11-34-20/h1-7,10-12,18H,8-9,13-14H2. The topological polar surface area (TPSA) is 109 Å². The van der Waals surface area contributed by atoms with Crippen molar-refractivity contribution in [2.75, 3.05) is 11.5 Å². The number of thiophene rings is 1. The number of hydrogen-bond acceptors (Lipinski definition) is 8. The summed E-state index contributed by atoms with van der Waals surface area (Å²) in [5.74, 6) is -1.29. The fourth-order valence-corrected chi connectivity index (χ4v) is 4.67. The van der Waals surface area contributed by atoms with Gasteiger partial charge in [0, 0.05) is 19.3 Å². The number of benzene rings is 1. The van der Waals surface area contributed by atoms with E-state index in [1.807, 2.05) is 17.5 Å². The fourth-order valence-electron chi connectivity index (χ4n) is 3.95. The molecule has 1 saturated heterocycles. The molecule has 2 aromatic heterocycles. The van der Waals surface area contributed by atoms with Gasteiger partial charge in [0.25, 0.3) is 5.91 Å². The second kappa shape index (κ2) is 9.06. The van der Waals surface area contributed by atoms with Gasteiger partial charge in [-0.25, -0.2) is 9.80 Å². The molecule has 1 fully saturated rings. The molecule has 0 bridgehead atoms. The van der Waals surface area contributed by atoms with Crippen molar-refractivity contribution in [1.29, 1.82) is 0 Å². The van der Waals surface area contributed by atoms with Crippen molar-refractivity contribution < 1.29 is 28.3 Å². The van der Waals surface area contributed by atoms with Gasteiger partial charge in [-0.3, -0.25) is 19.3 Å². The fraction of sp³-hybridized carbons (Fsp3) is 0.208. The maximum absolute atomic E-state index is 13.0. The summed E-state index contributed by atoms with van der Waals surface area (Å²) in [5, 5.41) is 7.70. The second-order valence-corrected chi connectivity index (χ2v) is 8.69. The number of nitrogens with zero attached hydrogens (tertiary/aromatic N) is 3. The molecule has 9 nitrogen and oxygen atoms in total. The molecule has 34 heavy (non-hydrogen) atoms. The second-order valence-electron chi connectivity index (χ2n) is 7.75. The molecule has 1 unspecified atom stereocenters. The summed E-state index contributed by atoms with van der Waals surface area (Å²) in [6, 6.07) is 12.9. The molecule has 10 heteroatoms. The van der Waals surface area contributed by atoms with Crippen molar-refractivity contribution in [3.63, 3.8) is 0 Å². The van der Waals surface area contributed by atoms with E-state index in [9.17, 15) is 19.2 Å². The highest BCUT2D eigenvalue weighted by Gasteiger charge is 2.36. The van der Waals surface area contributed by atoms with E-state index in [0.717, 1.165) is 15.5 Å². The van der Waals surface area contributed by atoms with Gasteiger partial charge in [0.15, 0.2) is 6.61 Å². The molecule has 3 aromatic rings. The van der Waals surface area contributed by atoms with Gasteiger partial charge in [0.1, 0.15) is 11.8 Å². The zero-order valence-electron chi connectivity index (χ0n) is 17.9. The number of anilines is 1. The van der Waals surface area contributed by atoms with Crippen molar-refractivity contribution in [1.82, 2.24) is 5.01 Å². The lowest BCUT2D eigenvalue weighted by molar-refractivity contribution is -0.136. The van der Waals surface area contributed by atoms with E-state index >= 15 is 0 Å². The average molecular weight is 477 g/mol. The maximum Gasteiger partial charge on any atom is 0.338 e. The van der Waals surface area contributed by atoms with Gasteiger partial charge >= 0.3 is 5.97 Å². The third-order valence-electron chi connectivity index (χ3n) is 5.56. The van der Waals surface area contributed by atoms with E-state index in [1.165, 1.54) is 34.7 Å². The Morgan fingerprint density at radius 3 is 2.62 bits per heavy atom. The summed E-state index contributed by atoms with van der Waals surface area (Å²) >= 11 is 1.52. The van der Waals surface area contributed by atoms with Gasteiger partial charge < -0.3 is 9.15 Å². The van der Waals surface area contributed by atoms with E-state index in [4.69, 9.17) is 9.15 Å². The van der Waals surface area contributed by atoms with Crippen LogP contribution in [0.3, 0.4) is 0 Å². The van der Waals surface area contributed by atoms with Crippen molar-refractivity contribution >= 4 is 46.4 Å². The lowest BCUT2D eigenvalue weighted by Gasteiger charge is -2.19. The molecular weight excluding hydrogens is 458 g/mol. The molecule has 0 N–H and O–H groups in total. The van der Waals surface area contributed by atoms with Crippen LogP contribution >= 0.6 is 11.3 Å². The number of ether oxygens (including phenoxy) is 1. The first-order chi connectivity index (χ1) is 16.5. The van der Waals surface area contributed by atoms with Gasteiger partial charge in [0.2, 0.25) is 11.8 Å². The normalized spacial score (nSPS) is 17.9. The zero-order valence-corrected chi connectivity index (χ0v) is 18.7. The number of imide groups is 1. The number of carbonyl (C=O) groups is 4. The highest BCUT2D eigenvalue weighted by Crippen LogP contribution is 2.34. The van der Waals surface area contributed by atoms with Gasteiger partial charge in [-0.2, -0.15) is 5.10 Å². The molecule has 5 rings (SSSR count). The monoisotopic (exact) mass is 477 g/mol. The molecule has 3 amide bonds. The van der Waals surface area contributed by atoms with Crippen LogP contribution < -0.4 is 4.90 Å². The first-order valence-corrected chi connectivity index (χ1v) is 11.5. The lowest BCUT2D eigenvalue weighted by atomic mass is 10.1. The van der Waals surface area contributed by atoms with Crippen molar-refractivity contribution in [2.45, 2.75) is 25.3 Å². The van der Waals surface area contributed by atoms with E-state index in [0.29, 0.717) is 17.9 Å². The summed E-state index contributed by atoms with van der Waals surface area (Å²) in [7, 11) is 0. The number of rotatable bonds is 6. The molecule has 172 valence electrons. The van der Waals surface area contributed by atoms with Crippen LogP contribution in [0.4, 0.5) is 5.69 Å². The summed E-state index contributed by atoms with van der Waals surface area (Å²) in [4.78, 5) is 51.6. The quantitative estimate of drug-likeness (QED) is 0.397. The summed E-state index contributed by atoms with van der Waals surface area (Å²) in [5.41, 5.74) is 1.18. The lowest BCUT2D eigenvalue weighted by Crippen LogP contribution is -2.31. The number of esters is 1. The molecule has 2 aliphatic heterocycles. The molecule has 0 saturated carbocycles. The minimum Gasteiger partial charge on any atom is -0.467 e. The highest BCUT2D eigenvalue weighted by atomic mass is 32.1. The predicted octanol–water partition coefficient (Wildman–Crippen LogP) is 3.53. The average Bonchev–Trinajstić information content (AvgIpc) is 3.64. The molecule has 1 aromatic carbocycles. The van der Waals surface area contributed by atoms with Crippen molar-refractivity contribution in [3.05, 3.63) is 76.4 Å². The minimum atomic E-state index is -0.745. The van der Waals surface area contributed by atoms with Crippen LogP contribution in [-0.2, 0) is 19.1 Å². The Bertz CT molecular complexity index is 1270. The first kappa shape index (κ1) is 21.8. The first-order valence-electron chi connectivity index (χ1n) is 10.6. The Labute approximate surface area is 198 Å². The minimum absolute atomic E-state index is 0.129. The Morgan fingerprint density at radius 2 is 1.91 bits per heavy atom. The van der Waals surface area contributed by atoms with Crippen LogP contribution in [0.15, 0.2) is 69.7 Å². The molecule has 0 spiro atoms. The van der Waals surface area contributed by atoms with Gasteiger partial charge in [-0.05, 0) is 41.8 Å². The molecule has 0 aliphatic carbocycles. The number of amides is 3. The number of furan rings is 1. The van der Waals surface area contributed by atoms with Crippen LogP contribution in [0.25, 0.3) is 0 Å². The molecule has 2 aliphatic rings. The van der Waals surface area contributed by atoms with E-state index in [2.05, 4.69) is 5.10 Å². The third-order valence-corrected chi connectivity index (χ3v) is 6.48. The zero-order chi connectivity index (χ0) is 23.7. The summed E-state index contributed by atoms with van der Waals surface area (Å²) < 4.78 is 10.8. The highest BCUT2D eigenvalue weighted by molar-refractivity contribution is 7.12. The summed E-state index contributed by atoms with van der Waals surface area (Å²) in [6.07, 6.45) is 2.29. The van der Waals surface area contributed by atoms with Crippen molar-refractivity contribution in [2.24, 2.45) is 5.10 Å². The molecule has 1 atom stereocenters. The molecular formula is C24H19N3O6S. The maximum atomic E-state index is 13.0. The Balaban J connectivity index is 1.29. The van der Waals surface area contributed by atoms with Crippen LogP contribution in [0.2, 0.25) is 0 Å². The number of hydrogen-bond donors (Lipinski definition) is 0. The van der Waals surface area contributed by atoms with Crippen molar-refractivity contribution in [3.8, 4) is 0 Å². The Hall–Kier alpha value is -4.05. The van der Waals surface area contributed by atoms with Crippen LogP contribution in [0.1, 0.15) is 46.3 Å². The van der Waals surface area contributed by atoms with Gasteiger partial charge in [0.05, 0.1) is 28.1 Å². The van der Waals surface area contributed by atoms with Crippen LogP contribution in [0, 0.1) is 0 Å². The van der Waals surface area contributed by atoms with Crippen LogP contribution in [-0.4, -0.2) is 41.0 Å². The third kappa shape index (κ3) is 4.15. The van der Waals surface area contributed by atoms with Gasteiger partial charge in [-0.15, -0.1) is 11.3 Å². The number of carbonyl (C=O) groups excluding carboxylic acids is 4. The largest absolute Gasteiger partial charge is 0.467 e. The van der Waals surface area contributed by atoms with E-state index in [-0.39, 0.29) is 30.2 Å². The molecule has 4 heterocycles. The Kier molecular flexibility index (Phi) is 5.81. The Morgan fingerprint density at radius 1 is 1.09 bits per heavy atom. The SMILES string of the molecule is O=C(OCC(=O)N1N=C(c2cccs2)CC1c1ccco1)c1cccc(N2C(=O)CCC2=O)c1.